The smallest absolute Gasteiger partial charge is 0.125 e. The van der Waals surface area contributed by atoms with Crippen molar-refractivity contribution in [3.63, 3.8) is 0 Å². The predicted octanol–water partition coefficient (Wildman–Crippen LogP) is 1.51. The van der Waals surface area contributed by atoms with Crippen LogP contribution in [0.25, 0.3) is 0 Å². The number of hydrogen-bond donors (Lipinski definition) is 1. The van der Waals surface area contributed by atoms with Crippen LogP contribution >= 0.6 is 11.3 Å². The molecule has 4 nitrogen and oxygen atoms in total. The molecule has 1 fully saturated rings. The molecule has 1 saturated heterocycles. The van der Waals surface area contributed by atoms with E-state index in [0.717, 1.165) is 43.3 Å². The van der Waals surface area contributed by atoms with E-state index < -0.39 is 0 Å². The lowest BCUT2D eigenvalue weighted by molar-refractivity contribution is -0.0948. The molecule has 16 heavy (non-hydrogen) atoms. The van der Waals surface area contributed by atoms with Crippen molar-refractivity contribution in [3.05, 3.63) is 16.1 Å². The van der Waals surface area contributed by atoms with Crippen molar-refractivity contribution in [3.8, 4) is 0 Å². The maximum Gasteiger partial charge on any atom is 0.125 e. The molecule has 0 radical (unpaired) electrons. The summed E-state index contributed by atoms with van der Waals surface area (Å²) in [6, 6.07) is 0. The largest absolute Gasteiger partial charge is 0.381 e. The molecule has 0 bridgehead atoms. The molecular formula is C11H18N2O2S. The van der Waals surface area contributed by atoms with Gasteiger partial charge in [0.1, 0.15) is 10.6 Å². The summed E-state index contributed by atoms with van der Waals surface area (Å²) in [5.74, 6) is 0. The van der Waals surface area contributed by atoms with Crippen molar-refractivity contribution in [1.82, 2.24) is 10.3 Å². The lowest BCUT2D eigenvalue weighted by Crippen LogP contribution is -2.35. The van der Waals surface area contributed by atoms with Crippen LogP contribution in [0.4, 0.5) is 0 Å². The quantitative estimate of drug-likeness (QED) is 0.869. The van der Waals surface area contributed by atoms with E-state index in [-0.39, 0.29) is 5.60 Å². The number of hydrogen-bond acceptors (Lipinski definition) is 5. The van der Waals surface area contributed by atoms with Gasteiger partial charge in [-0.3, -0.25) is 0 Å². The fourth-order valence-corrected chi connectivity index (χ4v) is 3.04. The number of nitrogens with zero attached hydrogens (tertiary/aromatic N) is 1. The highest BCUT2D eigenvalue weighted by molar-refractivity contribution is 7.09. The maximum absolute atomic E-state index is 5.70. The average Bonchev–Trinajstić information content (AvgIpc) is 2.80. The van der Waals surface area contributed by atoms with Gasteiger partial charge in [0, 0.05) is 45.1 Å². The summed E-state index contributed by atoms with van der Waals surface area (Å²) in [6.07, 6.45) is 1.80. The second-order valence-electron chi connectivity index (χ2n) is 3.99. The van der Waals surface area contributed by atoms with Crippen LogP contribution in [0, 0.1) is 0 Å². The Balaban J connectivity index is 2.18. The first kappa shape index (κ1) is 12.0. The minimum absolute atomic E-state index is 0.213. The Morgan fingerprint density at radius 3 is 2.94 bits per heavy atom. The summed E-state index contributed by atoms with van der Waals surface area (Å²) in [4.78, 5) is 4.64. The zero-order chi connectivity index (χ0) is 11.4. The molecule has 1 N–H and O–H groups in total. The van der Waals surface area contributed by atoms with E-state index in [0.29, 0.717) is 0 Å². The summed E-state index contributed by atoms with van der Waals surface area (Å²) < 4.78 is 11.1. The van der Waals surface area contributed by atoms with Gasteiger partial charge in [0.2, 0.25) is 0 Å². The van der Waals surface area contributed by atoms with Crippen LogP contribution in [0.1, 0.15) is 23.5 Å². The molecule has 1 aromatic rings. The van der Waals surface area contributed by atoms with Crippen LogP contribution in [0.15, 0.2) is 5.38 Å². The predicted molar refractivity (Wildman–Crippen MR) is 63.6 cm³/mol. The Morgan fingerprint density at radius 2 is 2.31 bits per heavy atom. The summed E-state index contributed by atoms with van der Waals surface area (Å²) in [6.45, 7) is 2.33. The molecule has 0 saturated carbocycles. The van der Waals surface area contributed by atoms with Crippen LogP contribution in [-0.2, 0) is 21.6 Å². The highest BCUT2D eigenvalue weighted by Crippen LogP contribution is 2.37. The molecule has 90 valence electrons. The lowest BCUT2D eigenvalue weighted by Gasteiger charge is -2.33. The van der Waals surface area contributed by atoms with Crippen LogP contribution < -0.4 is 5.32 Å². The number of thiazole rings is 1. The standard InChI is InChI=1S/C11H18N2O2S/c1-12-7-9-8-16-10(13-9)11(14-2)3-5-15-6-4-11/h8,12H,3-7H2,1-2H3. The lowest BCUT2D eigenvalue weighted by atomic mass is 9.95. The van der Waals surface area contributed by atoms with Gasteiger partial charge in [-0.15, -0.1) is 11.3 Å². The molecule has 1 aliphatic rings. The van der Waals surface area contributed by atoms with E-state index >= 15 is 0 Å². The summed E-state index contributed by atoms with van der Waals surface area (Å²) in [5, 5.41) is 6.30. The summed E-state index contributed by atoms with van der Waals surface area (Å²) in [5.41, 5.74) is 0.875. The first-order valence-electron chi connectivity index (χ1n) is 5.53. The van der Waals surface area contributed by atoms with Gasteiger partial charge >= 0.3 is 0 Å². The van der Waals surface area contributed by atoms with Crippen molar-refractivity contribution in [2.45, 2.75) is 25.0 Å². The molecule has 2 rings (SSSR count). The van der Waals surface area contributed by atoms with E-state index in [1.165, 1.54) is 0 Å². The molecule has 0 aromatic carbocycles. The van der Waals surface area contributed by atoms with Crippen LogP contribution in [0.3, 0.4) is 0 Å². The number of ether oxygens (including phenoxy) is 2. The normalized spacial score (nSPS) is 19.9. The molecule has 1 aliphatic heterocycles. The molecule has 0 spiro atoms. The van der Waals surface area contributed by atoms with Gasteiger partial charge in [-0.05, 0) is 7.05 Å². The van der Waals surface area contributed by atoms with E-state index in [4.69, 9.17) is 9.47 Å². The number of methoxy groups -OCH3 is 1. The van der Waals surface area contributed by atoms with Crippen molar-refractivity contribution in [1.29, 1.82) is 0 Å². The number of aromatic nitrogens is 1. The van der Waals surface area contributed by atoms with Crippen molar-refractivity contribution in [2.24, 2.45) is 0 Å². The van der Waals surface area contributed by atoms with Gasteiger partial charge in [0.25, 0.3) is 0 Å². The third-order valence-corrected chi connectivity index (χ3v) is 4.07. The van der Waals surface area contributed by atoms with Gasteiger partial charge in [-0.1, -0.05) is 0 Å². The summed E-state index contributed by atoms with van der Waals surface area (Å²) in [7, 11) is 3.70. The second kappa shape index (κ2) is 5.23. The van der Waals surface area contributed by atoms with E-state index in [9.17, 15) is 0 Å². The second-order valence-corrected chi connectivity index (χ2v) is 4.84. The Bertz CT molecular complexity index is 334. The van der Waals surface area contributed by atoms with Gasteiger partial charge in [0.15, 0.2) is 0 Å². The van der Waals surface area contributed by atoms with Gasteiger partial charge in [0.05, 0.1) is 5.69 Å². The van der Waals surface area contributed by atoms with Crippen LogP contribution in [0.2, 0.25) is 0 Å². The first-order valence-corrected chi connectivity index (χ1v) is 6.41. The minimum Gasteiger partial charge on any atom is -0.381 e. The van der Waals surface area contributed by atoms with E-state index in [1.54, 1.807) is 18.4 Å². The van der Waals surface area contributed by atoms with Crippen LogP contribution in [0.5, 0.6) is 0 Å². The summed E-state index contributed by atoms with van der Waals surface area (Å²) >= 11 is 1.69. The number of nitrogens with one attached hydrogen (secondary N) is 1. The zero-order valence-electron chi connectivity index (χ0n) is 9.78. The molecule has 0 unspecified atom stereocenters. The molecule has 1 aromatic heterocycles. The highest BCUT2D eigenvalue weighted by Gasteiger charge is 2.37. The van der Waals surface area contributed by atoms with Crippen molar-refractivity contribution >= 4 is 11.3 Å². The van der Waals surface area contributed by atoms with Crippen molar-refractivity contribution < 1.29 is 9.47 Å². The average molecular weight is 242 g/mol. The molecule has 5 heteroatoms. The molecular weight excluding hydrogens is 224 g/mol. The SMILES string of the molecule is CNCc1csc(C2(OC)CCOCC2)n1. The number of rotatable bonds is 4. The first-order chi connectivity index (χ1) is 7.80. The third kappa shape index (κ3) is 2.27. The Morgan fingerprint density at radius 1 is 1.56 bits per heavy atom. The molecule has 0 amide bonds. The topological polar surface area (TPSA) is 43.4 Å². The monoisotopic (exact) mass is 242 g/mol. The fraction of sp³-hybridized carbons (Fsp3) is 0.727. The van der Waals surface area contributed by atoms with Gasteiger partial charge in [-0.25, -0.2) is 4.98 Å². The molecule has 2 heterocycles. The van der Waals surface area contributed by atoms with E-state index in [1.807, 2.05) is 7.05 Å². The Kier molecular flexibility index (Phi) is 3.91. The Hall–Kier alpha value is -0.490. The third-order valence-electron chi connectivity index (χ3n) is 2.99. The van der Waals surface area contributed by atoms with Crippen molar-refractivity contribution in [2.75, 3.05) is 27.4 Å². The van der Waals surface area contributed by atoms with Gasteiger partial charge < -0.3 is 14.8 Å². The van der Waals surface area contributed by atoms with Crippen LogP contribution in [-0.4, -0.2) is 32.4 Å². The fourth-order valence-electron chi connectivity index (χ4n) is 1.98. The van der Waals surface area contributed by atoms with Gasteiger partial charge in [-0.2, -0.15) is 0 Å². The maximum atomic E-state index is 5.70. The Labute approximate surface area is 100.0 Å². The van der Waals surface area contributed by atoms with E-state index in [2.05, 4.69) is 15.7 Å². The minimum atomic E-state index is -0.213. The zero-order valence-corrected chi connectivity index (χ0v) is 10.6. The molecule has 0 aliphatic carbocycles. The molecule has 0 atom stereocenters. The highest BCUT2D eigenvalue weighted by atomic mass is 32.1.